The van der Waals surface area contributed by atoms with Crippen LogP contribution in [0.5, 0.6) is 0 Å². The predicted molar refractivity (Wildman–Crippen MR) is 89.2 cm³/mol. The maximum absolute atomic E-state index is 12.5. The van der Waals surface area contributed by atoms with Gasteiger partial charge in [0.15, 0.2) is 0 Å². The Balaban J connectivity index is 1.42. The lowest BCUT2D eigenvalue weighted by Crippen LogP contribution is -2.39. The molecule has 2 aromatic heterocycles. The molecule has 1 aliphatic heterocycles. The minimum absolute atomic E-state index is 0.161. The van der Waals surface area contributed by atoms with E-state index in [1.54, 1.807) is 23.3 Å². The van der Waals surface area contributed by atoms with Gasteiger partial charge < -0.3 is 9.80 Å². The number of likely N-dealkylation sites (tertiary alicyclic amines) is 1. The van der Waals surface area contributed by atoms with Gasteiger partial charge in [0.1, 0.15) is 12.4 Å². The minimum atomic E-state index is 0.161. The smallest absolute Gasteiger partial charge is 0.244 e. The summed E-state index contributed by atoms with van der Waals surface area (Å²) < 4.78 is 1.69. The van der Waals surface area contributed by atoms with E-state index in [1.165, 1.54) is 6.42 Å². The van der Waals surface area contributed by atoms with Crippen LogP contribution in [-0.4, -0.2) is 56.7 Å². The number of carbonyl (C=O) groups is 1. The summed E-state index contributed by atoms with van der Waals surface area (Å²) in [5.41, 5.74) is 0. The normalized spacial score (nSPS) is 25.7. The molecule has 24 heavy (non-hydrogen) atoms. The summed E-state index contributed by atoms with van der Waals surface area (Å²) in [4.78, 5) is 25.3. The Hall–Kier alpha value is -2.44. The molecular weight excluding hydrogens is 304 g/mol. The second kappa shape index (κ2) is 6.22. The molecule has 2 fully saturated rings. The summed E-state index contributed by atoms with van der Waals surface area (Å²) in [7, 11) is 2.09. The first-order valence-electron chi connectivity index (χ1n) is 8.46. The second-order valence-electron chi connectivity index (χ2n) is 6.75. The highest BCUT2D eigenvalue weighted by Crippen LogP contribution is 2.41. The van der Waals surface area contributed by atoms with Gasteiger partial charge in [-0.1, -0.05) is 0 Å². The standard InChI is InChI=1S/C17H22N6O/c1-21(16-9-18-6-7-19-16)15-4-3-13-10-22(11-14(13)15)17(24)12-23-8-2-5-20-23/h2,5-9,13-15H,3-4,10-12H2,1H3/t13-,14+,15-/m1/s1. The lowest BCUT2D eigenvalue weighted by molar-refractivity contribution is -0.131. The third-order valence-corrected chi connectivity index (χ3v) is 5.44. The second-order valence-corrected chi connectivity index (χ2v) is 6.75. The first-order valence-corrected chi connectivity index (χ1v) is 8.46. The van der Waals surface area contributed by atoms with Crippen LogP contribution in [0.15, 0.2) is 37.1 Å². The van der Waals surface area contributed by atoms with Crippen LogP contribution in [-0.2, 0) is 11.3 Å². The van der Waals surface area contributed by atoms with Crippen LogP contribution in [0.1, 0.15) is 12.8 Å². The lowest BCUT2D eigenvalue weighted by Gasteiger charge is -2.30. The summed E-state index contributed by atoms with van der Waals surface area (Å²) in [5.74, 6) is 2.17. The molecule has 7 nitrogen and oxygen atoms in total. The van der Waals surface area contributed by atoms with Crippen molar-refractivity contribution in [3.63, 3.8) is 0 Å². The van der Waals surface area contributed by atoms with Gasteiger partial charge in [-0.05, 0) is 24.8 Å². The Bertz CT molecular complexity index is 688. The number of hydrogen-bond acceptors (Lipinski definition) is 5. The first kappa shape index (κ1) is 15.1. The van der Waals surface area contributed by atoms with E-state index in [9.17, 15) is 4.79 Å². The molecule has 7 heteroatoms. The van der Waals surface area contributed by atoms with Gasteiger partial charge in [0.05, 0.1) is 6.20 Å². The monoisotopic (exact) mass is 326 g/mol. The van der Waals surface area contributed by atoms with E-state index in [0.717, 1.165) is 25.3 Å². The van der Waals surface area contributed by atoms with E-state index in [2.05, 4.69) is 27.0 Å². The van der Waals surface area contributed by atoms with Crippen LogP contribution in [0.25, 0.3) is 0 Å². The van der Waals surface area contributed by atoms with E-state index < -0.39 is 0 Å². The van der Waals surface area contributed by atoms with Gasteiger partial charge in [0, 0.05) is 56.9 Å². The molecule has 126 valence electrons. The highest BCUT2D eigenvalue weighted by Gasteiger charge is 2.45. The molecule has 0 N–H and O–H groups in total. The highest BCUT2D eigenvalue weighted by molar-refractivity contribution is 5.76. The van der Waals surface area contributed by atoms with Gasteiger partial charge in [-0.15, -0.1) is 0 Å². The first-order chi connectivity index (χ1) is 11.7. The molecule has 1 saturated heterocycles. The molecule has 0 radical (unpaired) electrons. The number of nitrogens with zero attached hydrogens (tertiary/aromatic N) is 6. The summed E-state index contributed by atoms with van der Waals surface area (Å²) in [6.45, 7) is 2.03. The van der Waals surface area contributed by atoms with Crippen LogP contribution in [0.3, 0.4) is 0 Å². The van der Waals surface area contributed by atoms with Gasteiger partial charge in [-0.3, -0.25) is 14.5 Å². The molecular formula is C17H22N6O. The van der Waals surface area contributed by atoms with Gasteiger partial charge in [0.25, 0.3) is 0 Å². The zero-order chi connectivity index (χ0) is 16.5. The summed E-state index contributed by atoms with van der Waals surface area (Å²) in [6.07, 6.45) is 11.1. The van der Waals surface area contributed by atoms with Crippen molar-refractivity contribution < 1.29 is 4.79 Å². The average Bonchev–Trinajstić information content (AvgIpc) is 3.31. The van der Waals surface area contributed by atoms with E-state index in [0.29, 0.717) is 24.4 Å². The van der Waals surface area contributed by atoms with Crippen molar-refractivity contribution in [2.24, 2.45) is 11.8 Å². The zero-order valence-corrected chi connectivity index (χ0v) is 13.8. The van der Waals surface area contributed by atoms with Crippen molar-refractivity contribution in [2.45, 2.75) is 25.4 Å². The number of fused-ring (bicyclic) bond motifs is 1. The molecule has 4 rings (SSSR count). The number of carbonyl (C=O) groups excluding carboxylic acids is 1. The van der Waals surface area contributed by atoms with Crippen molar-refractivity contribution >= 4 is 11.7 Å². The fourth-order valence-electron chi connectivity index (χ4n) is 4.20. The average molecular weight is 326 g/mol. The van der Waals surface area contributed by atoms with Crippen LogP contribution >= 0.6 is 0 Å². The Labute approximate surface area is 141 Å². The Morgan fingerprint density at radius 3 is 2.96 bits per heavy atom. The van der Waals surface area contributed by atoms with Gasteiger partial charge >= 0.3 is 0 Å². The summed E-state index contributed by atoms with van der Waals surface area (Å²) >= 11 is 0. The SMILES string of the molecule is CN(c1cnccn1)[C@@H]1CC[C@@H]2CN(C(=O)Cn3cccn3)C[C@@H]21. The number of anilines is 1. The Kier molecular flexibility index (Phi) is 3.92. The molecule has 1 amide bonds. The van der Waals surface area contributed by atoms with Crippen LogP contribution in [0.4, 0.5) is 5.82 Å². The third-order valence-electron chi connectivity index (χ3n) is 5.44. The van der Waals surface area contributed by atoms with E-state index in [4.69, 9.17) is 0 Å². The largest absolute Gasteiger partial charge is 0.355 e. The molecule has 0 bridgehead atoms. The van der Waals surface area contributed by atoms with Crippen molar-refractivity contribution in [2.75, 3.05) is 25.0 Å². The number of rotatable bonds is 4. The zero-order valence-electron chi connectivity index (χ0n) is 13.8. The van der Waals surface area contributed by atoms with E-state index in [-0.39, 0.29) is 5.91 Å². The fraction of sp³-hybridized carbons (Fsp3) is 0.529. The van der Waals surface area contributed by atoms with E-state index >= 15 is 0 Å². The van der Waals surface area contributed by atoms with Crippen LogP contribution < -0.4 is 4.90 Å². The molecule has 1 saturated carbocycles. The molecule has 1 aliphatic carbocycles. The summed E-state index contributed by atoms with van der Waals surface area (Å²) in [6, 6.07) is 2.27. The lowest BCUT2D eigenvalue weighted by atomic mass is 9.97. The Morgan fingerprint density at radius 1 is 1.29 bits per heavy atom. The van der Waals surface area contributed by atoms with Crippen molar-refractivity contribution in [1.29, 1.82) is 0 Å². The van der Waals surface area contributed by atoms with Crippen molar-refractivity contribution in [1.82, 2.24) is 24.6 Å². The van der Waals surface area contributed by atoms with Gasteiger partial charge in [-0.25, -0.2) is 4.98 Å². The number of amides is 1. The third kappa shape index (κ3) is 2.74. The molecule has 2 aromatic rings. The van der Waals surface area contributed by atoms with Gasteiger partial charge in [0.2, 0.25) is 5.91 Å². The van der Waals surface area contributed by atoms with E-state index in [1.807, 2.05) is 23.4 Å². The Morgan fingerprint density at radius 2 is 2.21 bits per heavy atom. The molecule has 0 aromatic carbocycles. The van der Waals surface area contributed by atoms with Crippen molar-refractivity contribution in [3.05, 3.63) is 37.1 Å². The number of aromatic nitrogens is 4. The molecule has 3 heterocycles. The molecule has 0 unspecified atom stereocenters. The van der Waals surface area contributed by atoms with Crippen molar-refractivity contribution in [3.8, 4) is 0 Å². The molecule has 2 aliphatic rings. The van der Waals surface area contributed by atoms with Crippen LogP contribution in [0.2, 0.25) is 0 Å². The maximum atomic E-state index is 12.5. The topological polar surface area (TPSA) is 67.2 Å². The minimum Gasteiger partial charge on any atom is -0.355 e. The predicted octanol–water partition coefficient (Wildman–Crippen LogP) is 1.05. The fourth-order valence-corrected chi connectivity index (χ4v) is 4.20. The summed E-state index contributed by atoms with van der Waals surface area (Å²) in [5, 5.41) is 4.13. The quantitative estimate of drug-likeness (QED) is 0.840. The molecule has 0 spiro atoms. The maximum Gasteiger partial charge on any atom is 0.244 e. The van der Waals surface area contributed by atoms with Gasteiger partial charge in [-0.2, -0.15) is 5.10 Å². The molecule has 3 atom stereocenters. The van der Waals surface area contributed by atoms with Crippen LogP contribution in [0, 0.1) is 11.8 Å². The highest BCUT2D eigenvalue weighted by atomic mass is 16.2. The number of hydrogen-bond donors (Lipinski definition) is 0.